The fourth-order valence-corrected chi connectivity index (χ4v) is 4.01. The predicted octanol–water partition coefficient (Wildman–Crippen LogP) is 5.06. The van der Waals surface area contributed by atoms with Gasteiger partial charge in [0, 0.05) is 11.1 Å². The molecule has 0 fully saturated rings. The zero-order valence-electron chi connectivity index (χ0n) is 17.7. The van der Waals surface area contributed by atoms with E-state index in [1.165, 1.54) is 72.5 Å². The van der Waals surface area contributed by atoms with E-state index in [-0.39, 0.29) is 0 Å². The normalized spacial score (nSPS) is 12.7. The minimum absolute atomic E-state index is 1.17. The van der Waals surface area contributed by atoms with Crippen molar-refractivity contribution in [3.8, 4) is 0 Å². The summed E-state index contributed by atoms with van der Waals surface area (Å²) >= 11 is 0. The van der Waals surface area contributed by atoms with E-state index >= 15 is 0 Å². The van der Waals surface area contributed by atoms with Gasteiger partial charge < -0.3 is 8.97 Å². The maximum atomic E-state index is 2.48. The van der Waals surface area contributed by atoms with Gasteiger partial charge in [-0.2, -0.15) is 0 Å². The van der Waals surface area contributed by atoms with Crippen LogP contribution in [0.2, 0.25) is 0 Å². The smallest absolute Gasteiger partial charge is 0.105 e. The summed E-state index contributed by atoms with van der Waals surface area (Å²) in [6.07, 6.45) is 0. The molecule has 2 heteroatoms. The Labute approximate surface area is 151 Å². The molecule has 1 aromatic carbocycles. The van der Waals surface area contributed by atoms with E-state index in [1.807, 2.05) is 0 Å². The van der Waals surface area contributed by atoms with E-state index in [1.54, 1.807) is 11.1 Å². The Balaban J connectivity index is 3.14. The largest absolute Gasteiger partial charge is 0.321 e. The van der Waals surface area contributed by atoms with Gasteiger partial charge in [-0.05, 0) is 78.6 Å². The molecule has 0 saturated heterocycles. The van der Waals surface area contributed by atoms with Crippen LogP contribution in [0.1, 0.15) is 63.8 Å². The van der Waals surface area contributed by atoms with Crippen LogP contribution in [-0.2, 0) is 13.1 Å². The molecule has 24 heavy (non-hydrogen) atoms. The van der Waals surface area contributed by atoms with Gasteiger partial charge in [0.25, 0.3) is 0 Å². The van der Waals surface area contributed by atoms with Crippen LogP contribution < -0.4 is 0 Å². The minimum atomic E-state index is 1.17. The molecule has 1 rings (SSSR count). The molecule has 0 aromatic heterocycles. The summed E-state index contributed by atoms with van der Waals surface area (Å²) in [5.74, 6) is 0. The molecular formula is C22H42N2+2. The molecule has 0 aliphatic heterocycles. The zero-order chi connectivity index (χ0) is 18.4. The van der Waals surface area contributed by atoms with Crippen LogP contribution in [0.25, 0.3) is 0 Å². The molecule has 0 saturated carbocycles. The van der Waals surface area contributed by atoms with Crippen LogP contribution in [0.3, 0.4) is 0 Å². The van der Waals surface area contributed by atoms with Crippen molar-refractivity contribution < 1.29 is 8.97 Å². The summed E-state index contributed by atoms with van der Waals surface area (Å²) in [6.45, 7) is 28.3. The van der Waals surface area contributed by atoms with Gasteiger partial charge in [0.05, 0.1) is 39.3 Å². The Kier molecular flexibility index (Phi) is 7.95. The number of benzene rings is 1. The van der Waals surface area contributed by atoms with Gasteiger partial charge in [-0.3, -0.25) is 0 Å². The van der Waals surface area contributed by atoms with Gasteiger partial charge in [0.1, 0.15) is 13.1 Å². The molecule has 1 aromatic rings. The number of aryl methyl sites for hydroxylation is 2. The van der Waals surface area contributed by atoms with Gasteiger partial charge in [0.2, 0.25) is 0 Å². The van der Waals surface area contributed by atoms with Crippen molar-refractivity contribution in [3.63, 3.8) is 0 Å². The average molecular weight is 335 g/mol. The SMILES string of the molecule is CC[N+](CC)(CC)Cc1cc(C)c(C[N+](CC)(CC)CC)cc1C. The molecule has 0 heterocycles. The number of nitrogens with zero attached hydrogens (tertiary/aromatic N) is 2. The molecule has 0 bridgehead atoms. The number of hydrogen-bond donors (Lipinski definition) is 0. The van der Waals surface area contributed by atoms with Gasteiger partial charge in [0.15, 0.2) is 0 Å². The Bertz CT molecular complexity index is 447. The van der Waals surface area contributed by atoms with Crippen LogP contribution in [-0.4, -0.2) is 48.2 Å². The highest BCUT2D eigenvalue weighted by Crippen LogP contribution is 2.24. The maximum absolute atomic E-state index is 2.48. The number of hydrogen-bond acceptors (Lipinski definition) is 0. The van der Waals surface area contributed by atoms with Crippen molar-refractivity contribution in [2.24, 2.45) is 0 Å². The first-order chi connectivity index (χ1) is 11.3. The molecule has 138 valence electrons. The van der Waals surface area contributed by atoms with Gasteiger partial charge in [-0.25, -0.2) is 0 Å². The van der Waals surface area contributed by atoms with Crippen LogP contribution in [0.15, 0.2) is 12.1 Å². The van der Waals surface area contributed by atoms with Crippen LogP contribution >= 0.6 is 0 Å². The third-order valence-corrected chi connectivity index (χ3v) is 6.83. The molecular weight excluding hydrogens is 292 g/mol. The van der Waals surface area contributed by atoms with Crippen molar-refractivity contribution in [2.45, 2.75) is 68.5 Å². The van der Waals surface area contributed by atoms with Crippen LogP contribution in [0.5, 0.6) is 0 Å². The third kappa shape index (κ3) is 4.61. The summed E-state index contributed by atoms with van der Waals surface area (Å²) in [6, 6.07) is 4.96. The van der Waals surface area contributed by atoms with E-state index in [0.717, 1.165) is 0 Å². The van der Waals surface area contributed by atoms with Crippen molar-refractivity contribution in [1.82, 2.24) is 0 Å². The molecule has 0 N–H and O–H groups in total. The molecule has 0 radical (unpaired) electrons. The van der Waals surface area contributed by atoms with Crippen molar-refractivity contribution >= 4 is 0 Å². The first kappa shape index (κ1) is 21.2. The van der Waals surface area contributed by atoms with E-state index in [9.17, 15) is 0 Å². The molecule has 0 spiro atoms. The summed E-state index contributed by atoms with van der Waals surface area (Å²) in [5.41, 5.74) is 6.05. The number of rotatable bonds is 10. The predicted molar refractivity (Wildman–Crippen MR) is 107 cm³/mol. The Morgan fingerprint density at radius 2 is 0.792 bits per heavy atom. The lowest BCUT2D eigenvalue weighted by molar-refractivity contribution is -0.936. The monoisotopic (exact) mass is 334 g/mol. The highest BCUT2D eigenvalue weighted by Gasteiger charge is 2.25. The Morgan fingerprint density at radius 1 is 0.542 bits per heavy atom. The van der Waals surface area contributed by atoms with E-state index in [4.69, 9.17) is 0 Å². The van der Waals surface area contributed by atoms with Crippen LogP contribution in [0, 0.1) is 13.8 Å². The van der Waals surface area contributed by atoms with E-state index in [0.29, 0.717) is 0 Å². The van der Waals surface area contributed by atoms with E-state index in [2.05, 4.69) is 67.5 Å². The average Bonchev–Trinajstić information content (AvgIpc) is 2.61. The van der Waals surface area contributed by atoms with Crippen LogP contribution in [0.4, 0.5) is 0 Å². The van der Waals surface area contributed by atoms with Gasteiger partial charge in [-0.15, -0.1) is 0 Å². The van der Waals surface area contributed by atoms with Gasteiger partial charge in [-0.1, -0.05) is 0 Å². The molecule has 0 unspecified atom stereocenters. The fraction of sp³-hybridized carbons (Fsp3) is 0.727. The minimum Gasteiger partial charge on any atom is -0.321 e. The first-order valence-electron chi connectivity index (χ1n) is 10.1. The Morgan fingerprint density at radius 3 is 1.00 bits per heavy atom. The second kappa shape index (κ2) is 9.01. The zero-order valence-corrected chi connectivity index (χ0v) is 17.7. The second-order valence-electron chi connectivity index (χ2n) is 7.60. The highest BCUT2D eigenvalue weighted by atomic mass is 15.3. The van der Waals surface area contributed by atoms with Crippen molar-refractivity contribution in [2.75, 3.05) is 39.3 Å². The van der Waals surface area contributed by atoms with Crippen molar-refractivity contribution in [3.05, 3.63) is 34.4 Å². The standard InChI is InChI=1S/C22H42N2/c1-9-23(10-2,11-3)17-21-15-20(8)22(16-19(21)7)18-24(12-4,13-5)14-6/h15-16H,9-14,17-18H2,1-8H3/q+2. The lowest BCUT2D eigenvalue weighted by atomic mass is 9.97. The molecule has 0 amide bonds. The molecule has 0 aliphatic rings. The lowest BCUT2D eigenvalue weighted by Gasteiger charge is -2.37. The summed E-state index contributed by atoms with van der Waals surface area (Å²) < 4.78 is 2.39. The van der Waals surface area contributed by atoms with Crippen molar-refractivity contribution in [1.29, 1.82) is 0 Å². The summed E-state index contributed by atoms with van der Waals surface area (Å²) in [4.78, 5) is 0. The first-order valence-corrected chi connectivity index (χ1v) is 10.1. The lowest BCUT2D eigenvalue weighted by Crippen LogP contribution is -2.47. The topological polar surface area (TPSA) is 0 Å². The Hall–Kier alpha value is -0.860. The molecule has 2 nitrogen and oxygen atoms in total. The maximum Gasteiger partial charge on any atom is 0.105 e. The summed E-state index contributed by atoms with van der Waals surface area (Å²) in [7, 11) is 0. The quantitative estimate of drug-likeness (QED) is 0.525. The molecule has 0 atom stereocenters. The summed E-state index contributed by atoms with van der Waals surface area (Å²) in [5, 5.41) is 0. The fourth-order valence-electron chi connectivity index (χ4n) is 4.01. The number of quaternary nitrogens is 2. The molecule has 0 aliphatic carbocycles. The highest BCUT2D eigenvalue weighted by molar-refractivity contribution is 5.36. The van der Waals surface area contributed by atoms with E-state index < -0.39 is 0 Å². The second-order valence-corrected chi connectivity index (χ2v) is 7.60. The third-order valence-electron chi connectivity index (χ3n) is 6.83. The van der Waals surface area contributed by atoms with Gasteiger partial charge >= 0.3 is 0 Å².